The molecule has 17 heavy (non-hydrogen) atoms. The van der Waals surface area contributed by atoms with Gasteiger partial charge >= 0.3 is 0 Å². The van der Waals surface area contributed by atoms with Crippen molar-refractivity contribution < 1.29 is 8.42 Å². The Labute approximate surface area is 104 Å². The molecule has 1 aliphatic rings. The zero-order valence-corrected chi connectivity index (χ0v) is 11.7. The molecule has 0 bridgehead atoms. The zero-order chi connectivity index (χ0) is 13.2. The van der Waals surface area contributed by atoms with E-state index < -0.39 is 15.3 Å². The van der Waals surface area contributed by atoms with Crippen molar-refractivity contribution >= 4 is 10.0 Å². The zero-order valence-electron chi connectivity index (χ0n) is 10.9. The second-order valence-electron chi connectivity index (χ2n) is 4.75. The van der Waals surface area contributed by atoms with Crippen LogP contribution in [0.5, 0.6) is 0 Å². The van der Waals surface area contributed by atoms with Crippen LogP contribution in [-0.2, 0) is 10.0 Å². The topological polar surface area (TPSA) is 64.4 Å². The van der Waals surface area contributed by atoms with Gasteiger partial charge in [-0.1, -0.05) is 6.92 Å². The summed E-state index contributed by atoms with van der Waals surface area (Å²) in [6.45, 7) is 6.69. The van der Waals surface area contributed by atoms with Crippen LogP contribution in [-0.4, -0.2) is 55.1 Å². The lowest BCUT2D eigenvalue weighted by molar-refractivity contribution is 0.105. The Hall–Kier alpha value is -0.640. The monoisotopic (exact) mass is 259 g/mol. The van der Waals surface area contributed by atoms with E-state index in [0.29, 0.717) is 19.5 Å². The van der Waals surface area contributed by atoms with Crippen molar-refractivity contribution in [1.82, 2.24) is 9.21 Å². The average Bonchev–Trinajstić information content (AvgIpc) is 2.26. The Morgan fingerprint density at radius 2 is 1.82 bits per heavy atom. The van der Waals surface area contributed by atoms with Crippen LogP contribution < -0.4 is 0 Å². The molecule has 1 fully saturated rings. The summed E-state index contributed by atoms with van der Waals surface area (Å²) in [5, 5.41) is 8.00. The fraction of sp³-hybridized carbons (Fsp3) is 0.909. The third kappa shape index (κ3) is 2.79. The summed E-state index contributed by atoms with van der Waals surface area (Å²) in [4.78, 5) is 2.17. The van der Waals surface area contributed by atoms with Crippen molar-refractivity contribution in [3.63, 3.8) is 0 Å². The highest BCUT2D eigenvalue weighted by Gasteiger charge is 2.37. The number of hydrogen-bond acceptors (Lipinski definition) is 4. The molecular formula is C11H21N3O2S. The molecule has 5 nitrogen and oxygen atoms in total. The van der Waals surface area contributed by atoms with Gasteiger partial charge in [0.05, 0.1) is 6.07 Å². The molecule has 1 saturated heterocycles. The van der Waals surface area contributed by atoms with E-state index in [2.05, 4.69) is 4.90 Å². The van der Waals surface area contributed by atoms with Gasteiger partial charge in [-0.2, -0.15) is 9.57 Å². The third-order valence-corrected chi connectivity index (χ3v) is 5.74. The summed E-state index contributed by atoms with van der Waals surface area (Å²) in [6, 6.07) is 2.26. The Morgan fingerprint density at radius 3 is 2.18 bits per heavy atom. The first-order chi connectivity index (χ1) is 7.84. The van der Waals surface area contributed by atoms with Crippen LogP contribution in [0.4, 0.5) is 0 Å². The highest BCUT2D eigenvalue weighted by atomic mass is 32.2. The van der Waals surface area contributed by atoms with E-state index in [1.165, 1.54) is 4.31 Å². The van der Waals surface area contributed by atoms with Gasteiger partial charge in [0.1, 0.15) is 0 Å². The molecule has 0 saturated carbocycles. The van der Waals surface area contributed by atoms with Crippen molar-refractivity contribution in [2.75, 3.05) is 20.1 Å². The first-order valence-electron chi connectivity index (χ1n) is 5.95. The maximum atomic E-state index is 12.2. The average molecular weight is 259 g/mol. The van der Waals surface area contributed by atoms with Crippen LogP contribution in [0, 0.1) is 11.3 Å². The van der Waals surface area contributed by atoms with Crippen LogP contribution in [0.15, 0.2) is 0 Å². The molecule has 3 unspecified atom stereocenters. The van der Waals surface area contributed by atoms with Gasteiger partial charge in [0, 0.05) is 25.2 Å². The van der Waals surface area contributed by atoms with Crippen LogP contribution in [0.2, 0.25) is 0 Å². The van der Waals surface area contributed by atoms with Crippen LogP contribution in [0.25, 0.3) is 0 Å². The molecule has 0 aliphatic carbocycles. The van der Waals surface area contributed by atoms with E-state index in [1.807, 2.05) is 27.0 Å². The molecule has 0 amide bonds. The fourth-order valence-corrected chi connectivity index (χ4v) is 3.87. The minimum atomic E-state index is -3.47. The largest absolute Gasteiger partial charge is 0.298 e. The molecule has 0 aromatic carbocycles. The molecule has 0 radical (unpaired) electrons. The molecule has 6 heteroatoms. The number of hydrogen-bond donors (Lipinski definition) is 0. The number of likely N-dealkylation sites (N-methyl/N-ethyl adjacent to an activating group) is 1. The molecule has 1 rings (SSSR count). The summed E-state index contributed by atoms with van der Waals surface area (Å²) in [5.74, 6) is 0. The Balaban J connectivity index is 2.91. The first kappa shape index (κ1) is 14.4. The maximum absolute atomic E-state index is 12.2. The van der Waals surface area contributed by atoms with E-state index in [9.17, 15) is 8.42 Å². The molecular weight excluding hydrogens is 238 g/mol. The molecule has 0 aromatic rings. The van der Waals surface area contributed by atoms with E-state index in [1.54, 1.807) is 6.92 Å². The lowest BCUT2D eigenvalue weighted by atomic mass is 10.1. The number of nitriles is 1. The van der Waals surface area contributed by atoms with E-state index in [-0.39, 0.29) is 12.1 Å². The minimum absolute atomic E-state index is 0.185. The summed E-state index contributed by atoms with van der Waals surface area (Å²) >= 11 is 0. The van der Waals surface area contributed by atoms with Gasteiger partial charge in [-0.15, -0.1) is 0 Å². The molecule has 98 valence electrons. The van der Waals surface area contributed by atoms with Gasteiger partial charge in [-0.25, -0.2) is 8.42 Å². The van der Waals surface area contributed by atoms with Crippen molar-refractivity contribution in [3.8, 4) is 6.07 Å². The minimum Gasteiger partial charge on any atom is -0.298 e. The van der Waals surface area contributed by atoms with E-state index >= 15 is 0 Å². The molecule has 0 aromatic heterocycles. The van der Waals surface area contributed by atoms with Gasteiger partial charge < -0.3 is 0 Å². The van der Waals surface area contributed by atoms with E-state index in [4.69, 9.17) is 5.26 Å². The fourth-order valence-electron chi connectivity index (χ4n) is 2.11. The Kier molecular flexibility index (Phi) is 4.53. The first-order valence-corrected chi connectivity index (χ1v) is 7.45. The summed E-state index contributed by atoms with van der Waals surface area (Å²) in [5.41, 5.74) is 0. The van der Waals surface area contributed by atoms with Crippen molar-refractivity contribution in [2.24, 2.45) is 0 Å². The summed E-state index contributed by atoms with van der Waals surface area (Å²) in [7, 11) is -1.47. The van der Waals surface area contributed by atoms with Gasteiger partial charge in [0.25, 0.3) is 0 Å². The maximum Gasteiger partial charge on any atom is 0.230 e. The van der Waals surface area contributed by atoms with Gasteiger partial charge in [-0.05, 0) is 27.3 Å². The van der Waals surface area contributed by atoms with Crippen LogP contribution in [0.3, 0.4) is 0 Å². The second-order valence-corrected chi connectivity index (χ2v) is 6.87. The normalized spacial score (nSPS) is 29.8. The molecule has 1 aliphatic heterocycles. The number of sulfonamides is 1. The van der Waals surface area contributed by atoms with Crippen molar-refractivity contribution in [1.29, 1.82) is 5.26 Å². The molecule has 0 N–H and O–H groups in total. The van der Waals surface area contributed by atoms with Crippen LogP contribution in [0.1, 0.15) is 27.2 Å². The van der Waals surface area contributed by atoms with Crippen molar-refractivity contribution in [2.45, 2.75) is 44.5 Å². The third-order valence-electron chi connectivity index (χ3n) is 3.56. The Morgan fingerprint density at radius 1 is 1.35 bits per heavy atom. The van der Waals surface area contributed by atoms with Gasteiger partial charge in [0.15, 0.2) is 5.25 Å². The predicted molar refractivity (Wildman–Crippen MR) is 66.9 cm³/mol. The second kappa shape index (κ2) is 5.34. The molecule has 3 atom stereocenters. The number of piperazine rings is 1. The smallest absolute Gasteiger partial charge is 0.230 e. The quantitative estimate of drug-likeness (QED) is 0.746. The van der Waals surface area contributed by atoms with E-state index in [0.717, 1.165) is 0 Å². The highest BCUT2D eigenvalue weighted by Crippen LogP contribution is 2.20. The lowest BCUT2D eigenvalue weighted by Crippen LogP contribution is -2.57. The highest BCUT2D eigenvalue weighted by molar-refractivity contribution is 7.90. The summed E-state index contributed by atoms with van der Waals surface area (Å²) in [6.07, 6.45) is 0.341. The van der Waals surface area contributed by atoms with Gasteiger partial charge in [0.2, 0.25) is 10.0 Å². The van der Waals surface area contributed by atoms with Crippen LogP contribution >= 0.6 is 0 Å². The van der Waals surface area contributed by atoms with Gasteiger partial charge in [-0.3, -0.25) is 4.90 Å². The van der Waals surface area contributed by atoms with Crippen molar-refractivity contribution in [3.05, 3.63) is 0 Å². The summed E-state index contributed by atoms with van der Waals surface area (Å²) < 4.78 is 25.9. The predicted octanol–water partition coefficient (Wildman–Crippen LogP) is 0.643. The Bertz CT molecular complexity index is 389. The molecule has 0 spiro atoms. The lowest BCUT2D eigenvalue weighted by Gasteiger charge is -2.42. The molecule has 1 heterocycles. The number of rotatable bonds is 3. The standard InChI is InChI=1S/C11H21N3O2S/c1-5-11(6-12)17(15,16)14-7-9(2)13(4)10(3)8-14/h9-11H,5,7-8H2,1-4H3. The number of nitrogens with zero attached hydrogens (tertiary/aromatic N) is 3. The SMILES string of the molecule is CCC(C#N)S(=O)(=O)N1CC(C)N(C)C(C)C1.